The molecule has 0 saturated carbocycles. The molecule has 0 spiro atoms. The Hall–Kier alpha value is -2.86. The molecule has 1 amide bonds. The molecular formula is C18H16ClN3O3. The second-order valence-corrected chi connectivity index (χ2v) is 5.72. The fourth-order valence-electron chi connectivity index (χ4n) is 2.56. The van der Waals surface area contributed by atoms with Crippen molar-refractivity contribution < 1.29 is 9.53 Å². The highest BCUT2D eigenvalue weighted by molar-refractivity contribution is 6.32. The van der Waals surface area contributed by atoms with Gasteiger partial charge in [0.25, 0.3) is 5.91 Å². The van der Waals surface area contributed by atoms with Crippen molar-refractivity contribution in [2.75, 3.05) is 12.4 Å². The Bertz CT molecular complexity index is 1010. The zero-order chi connectivity index (χ0) is 18.0. The summed E-state index contributed by atoms with van der Waals surface area (Å²) >= 11 is 6.06. The van der Waals surface area contributed by atoms with Gasteiger partial charge in [-0.05, 0) is 37.3 Å². The number of ether oxygens (including phenoxy) is 1. The van der Waals surface area contributed by atoms with Gasteiger partial charge < -0.3 is 10.1 Å². The van der Waals surface area contributed by atoms with E-state index in [1.165, 1.54) is 7.11 Å². The summed E-state index contributed by atoms with van der Waals surface area (Å²) < 4.78 is 6.71. The maximum atomic E-state index is 12.6. The van der Waals surface area contributed by atoms with Crippen LogP contribution in [-0.4, -0.2) is 22.8 Å². The van der Waals surface area contributed by atoms with Gasteiger partial charge >= 0.3 is 0 Å². The van der Waals surface area contributed by atoms with Crippen molar-refractivity contribution in [1.82, 2.24) is 9.78 Å². The largest absolute Gasteiger partial charge is 0.495 e. The molecule has 1 aromatic heterocycles. The number of benzene rings is 2. The lowest BCUT2D eigenvalue weighted by Gasteiger charge is -2.11. The van der Waals surface area contributed by atoms with Gasteiger partial charge in [0, 0.05) is 17.6 Å². The smallest absolute Gasteiger partial charge is 0.280 e. The molecule has 0 aliphatic carbocycles. The SMILES string of the molecule is CCn1nc(C(=O)Nc2ccc(OC)c(Cl)c2)c(=O)c2ccccc21. The lowest BCUT2D eigenvalue weighted by atomic mass is 10.2. The standard InChI is InChI=1S/C18H16ClN3O3/c1-3-22-14-7-5-4-6-12(14)17(23)16(21-22)18(24)20-11-8-9-15(25-2)13(19)10-11/h4-10H,3H2,1-2H3,(H,20,24). The molecule has 0 radical (unpaired) electrons. The summed E-state index contributed by atoms with van der Waals surface area (Å²) in [5.74, 6) is -0.0870. The number of anilines is 1. The number of aryl methyl sites for hydroxylation is 1. The van der Waals surface area contributed by atoms with Gasteiger partial charge in [0.1, 0.15) is 5.75 Å². The molecule has 0 aliphatic rings. The number of carbonyl (C=O) groups is 1. The van der Waals surface area contributed by atoms with Gasteiger partial charge in [-0.1, -0.05) is 23.7 Å². The Morgan fingerprint density at radius 1 is 1.28 bits per heavy atom. The summed E-state index contributed by atoms with van der Waals surface area (Å²) in [5, 5.41) is 7.67. The van der Waals surface area contributed by atoms with Gasteiger partial charge in [0.15, 0.2) is 5.69 Å². The molecule has 0 bridgehead atoms. The van der Waals surface area contributed by atoms with Crippen LogP contribution < -0.4 is 15.5 Å². The zero-order valence-electron chi connectivity index (χ0n) is 13.7. The van der Waals surface area contributed by atoms with E-state index in [1.54, 1.807) is 41.1 Å². The van der Waals surface area contributed by atoms with Crippen molar-refractivity contribution in [3.63, 3.8) is 0 Å². The Labute approximate surface area is 149 Å². The maximum absolute atomic E-state index is 12.6. The molecule has 2 aromatic carbocycles. The number of para-hydroxylation sites is 1. The maximum Gasteiger partial charge on any atom is 0.280 e. The first-order valence-electron chi connectivity index (χ1n) is 7.70. The van der Waals surface area contributed by atoms with Crippen LogP contribution in [0.15, 0.2) is 47.3 Å². The quantitative estimate of drug-likeness (QED) is 0.777. The van der Waals surface area contributed by atoms with Crippen LogP contribution in [0.4, 0.5) is 5.69 Å². The minimum atomic E-state index is -0.584. The number of carbonyl (C=O) groups excluding carboxylic acids is 1. The molecule has 0 aliphatic heterocycles. The highest BCUT2D eigenvalue weighted by atomic mass is 35.5. The van der Waals surface area contributed by atoms with E-state index >= 15 is 0 Å². The fourth-order valence-corrected chi connectivity index (χ4v) is 2.82. The molecular weight excluding hydrogens is 342 g/mol. The van der Waals surface area contributed by atoms with Crippen LogP contribution in [0.5, 0.6) is 5.75 Å². The number of hydrogen-bond donors (Lipinski definition) is 1. The molecule has 7 heteroatoms. The predicted octanol–water partition coefficient (Wildman–Crippen LogP) is 3.33. The van der Waals surface area contributed by atoms with Gasteiger partial charge in [-0.3, -0.25) is 14.3 Å². The Kier molecular flexibility index (Phi) is 4.72. The molecule has 0 saturated heterocycles. The number of rotatable bonds is 4. The summed E-state index contributed by atoms with van der Waals surface area (Å²) in [4.78, 5) is 25.2. The summed E-state index contributed by atoms with van der Waals surface area (Å²) in [7, 11) is 1.51. The van der Waals surface area contributed by atoms with E-state index in [0.717, 1.165) is 0 Å². The first kappa shape index (κ1) is 17.0. The molecule has 3 rings (SSSR count). The number of aromatic nitrogens is 2. The van der Waals surface area contributed by atoms with E-state index in [1.807, 2.05) is 13.0 Å². The van der Waals surface area contributed by atoms with Crippen LogP contribution in [0.1, 0.15) is 17.4 Å². The van der Waals surface area contributed by atoms with E-state index in [4.69, 9.17) is 16.3 Å². The highest BCUT2D eigenvalue weighted by Gasteiger charge is 2.17. The van der Waals surface area contributed by atoms with Crippen molar-refractivity contribution in [3.05, 3.63) is 63.4 Å². The first-order chi connectivity index (χ1) is 12.0. The van der Waals surface area contributed by atoms with Crippen molar-refractivity contribution in [2.45, 2.75) is 13.5 Å². The molecule has 25 heavy (non-hydrogen) atoms. The number of fused-ring (bicyclic) bond motifs is 1. The van der Waals surface area contributed by atoms with Crippen LogP contribution in [-0.2, 0) is 6.54 Å². The monoisotopic (exact) mass is 357 g/mol. The van der Waals surface area contributed by atoms with E-state index in [0.29, 0.717) is 33.9 Å². The van der Waals surface area contributed by atoms with E-state index in [2.05, 4.69) is 10.4 Å². The van der Waals surface area contributed by atoms with Gasteiger partial charge in [0.2, 0.25) is 5.43 Å². The summed E-state index contributed by atoms with van der Waals surface area (Å²) in [6, 6.07) is 11.9. The van der Waals surface area contributed by atoms with Crippen LogP contribution in [0.2, 0.25) is 5.02 Å². The summed E-state index contributed by atoms with van der Waals surface area (Å²) in [6.07, 6.45) is 0. The molecule has 6 nitrogen and oxygen atoms in total. The number of hydrogen-bond acceptors (Lipinski definition) is 4. The third kappa shape index (κ3) is 3.21. The number of methoxy groups -OCH3 is 1. The molecule has 3 aromatic rings. The Morgan fingerprint density at radius 3 is 2.72 bits per heavy atom. The van der Waals surface area contributed by atoms with Crippen LogP contribution >= 0.6 is 11.6 Å². The molecule has 0 atom stereocenters. The van der Waals surface area contributed by atoms with Crippen LogP contribution in [0.3, 0.4) is 0 Å². The normalized spacial score (nSPS) is 10.7. The van der Waals surface area contributed by atoms with Crippen molar-refractivity contribution in [2.24, 2.45) is 0 Å². The van der Waals surface area contributed by atoms with E-state index < -0.39 is 11.3 Å². The topological polar surface area (TPSA) is 73.2 Å². The zero-order valence-corrected chi connectivity index (χ0v) is 14.5. The van der Waals surface area contributed by atoms with Gasteiger partial charge in [-0.15, -0.1) is 0 Å². The lowest BCUT2D eigenvalue weighted by molar-refractivity contribution is 0.101. The average Bonchev–Trinajstić information content (AvgIpc) is 2.62. The average molecular weight is 358 g/mol. The van der Waals surface area contributed by atoms with Gasteiger partial charge in [-0.2, -0.15) is 5.10 Å². The number of amides is 1. The molecule has 0 unspecified atom stereocenters. The molecule has 0 fully saturated rings. The minimum absolute atomic E-state index is 0.160. The Morgan fingerprint density at radius 2 is 2.04 bits per heavy atom. The second kappa shape index (κ2) is 6.94. The lowest BCUT2D eigenvalue weighted by Crippen LogP contribution is -2.27. The van der Waals surface area contributed by atoms with Crippen LogP contribution in [0.25, 0.3) is 10.9 Å². The fraction of sp³-hybridized carbons (Fsp3) is 0.167. The summed E-state index contributed by atoms with van der Waals surface area (Å²) in [5.41, 5.74) is 0.581. The summed E-state index contributed by atoms with van der Waals surface area (Å²) in [6.45, 7) is 2.43. The molecule has 1 N–H and O–H groups in total. The highest BCUT2D eigenvalue weighted by Crippen LogP contribution is 2.27. The van der Waals surface area contributed by atoms with Gasteiger partial charge in [-0.25, -0.2) is 0 Å². The van der Waals surface area contributed by atoms with Crippen molar-refractivity contribution in [3.8, 4) is 5.75 Å². The number of nitrogens with zero attached hydrogens (tertiary/aromatic N) is 2. The number of nitrogens with one attached hydrogen (secondary N) is 1. The Balaban J connectivity index is 2.01. The van der Waals surface area contributed by atoms with Gasteiger partial charge in [0.05, 0.1) is 17.6 Å². The number of halogens is 1. The van der Waals surface area contributed by atoms with E-state index in [9.17, 15) is 9.59 Å². The minimum Gasteiger partial charge on any atom is -0.495 e. The molecule has 128 valence electrons. The van der Waals surface area contributed by atoms with Crippen LogP contribution in [0, 0.1) is 0 Å². The van der Waals surface area contributed by atoms with Crippen molar-refractivity contribution >= 4 is 34.1 Å². The van der Waals surface area contributed by atoms with Crippen molar-refractivity contribution in [1.29, 1.82) is 0 Å². The first-order valence-corrected chi connectivity index (χ1v) is 8.07. The second-order valence-electron chi connectivity index (χ2n) is 5.31. The third-order valence-corrected chi connectivity index (χ3v) is 4.08. The van der Waals surface area contributed by atoms with E-state index in [-0.39, 0.29) is 5.69 Å². The predicted molar refractivity (Wildman–Crippen MR) is 97.6 cm³/mol. The third-order valence-electron chi connectivity index (χ3n) is 3.79. The molecule has 1 heterocycles.